The van der Waals surface area contributed by atoms with Crippen molar-refractivity contribution in [3.05, 3.63) is 23.8 Å². The van der Waals surface area contributed by atoms with Gasteiger partial charge in [-0.25, -0.2) is 0 Å². The summed E-state index contributed by atoms with van der Waals surface area (Å²) in [6.07, 6.45) is 0. The number of hydrogen-bond donors (Lipinski definition) is 2. The van der Waals surface area contributed by atoms with E-state index in [0.29, 0.717) is 0 Å². The number of anilines is 1. The van der Waals surface area contributed by atoms with E-state index in [4.69, 9.17) is 4.74 Å². The number of ether oxygens (including phenoxy) is 1. The minimum Gasteiger partial charge on any atom is -0.482 e. The molecule has 0 aromatic heterocycles. The van der Waals surface area contributed by atoms with Crippen LogP contribution in [0.25, 0.3) is 0 Å². The van der Waals surface area contributed by atoms with Crippen LogP contribution >= 0.6 is 0 Å². The van der Waals surface area contributed by atoms with Gasteiger partial charge in [0.15, 0.2) is 6.61 Å². The van der Waals surface area contributed by atoms with Crippen LogP contribution in [0.4, 0.5) is 5.69 Å². The van der Waals surface area contributed by atoms with Gasteiger partial charge in [0, 0.05) is 6.54 Å². The third-order valence-corrected chi connectivity index (χ3v) is 2.26. The van der Waals surface area contributed by atoms with Gasteiger partial charge in [0.05, 0.1) is 5.69 Å². The van der Waals surface area contributed by atoms with E-state index in [-0.39, 0.29) is 12.5 Å². The molecule has 2 rings (SSSR count). The molecule has 0 radical (unpaired) electrons. The van der Waals surface area contributed by atoms with Crippen molar-refractivity contribution >= 4 is 11.6 Å². The largest absolute Gasteiger partial charge is 0.482 e. The molecule has 0 aliphatic carbocycles. The Hall–Kier alpha value is -1.55. The number of carbonyl (C=O) groups is 1. The van der Waals surface area contributed by atoms with Gasteiger partial charge in [-0.2, -0.15) is 0 Å². The lowest BCUT2D eigenvalue weighted by atomic mass is 10.1. The van der Waals surface area contributed by atoms with Gasteiger partial charge < -0.3 is 15.4 Å². The molecular weight excluding hydrogens is 192 g/mol. The van der Waals surface area contributed by atoms with E-state index >= 15 is 0 Å². The first-order valence-electron chi connectivity index (χ1n) is 5.06. The second-order valence-electron chi connectivity index (χ2n) is 3.45. The van der Waals surface area contributed by atoms with Crippen molar-refractivity contribution in [1.82, 2.24) is 5.32 Å². The molecule has 0 atom stereocenters. The number of fused-ring (bicyclic) bond motifs is 1. The highest BCUT2D eigenvalue weighted by Crippen LogP contribution is 2.28. The van der Waals surface area contributed by atoms with Crippen LogP contribution in [0.5, 0.6) is 5.75 Å². The van der Waals surface area contributed by atoms with E-state index in [2.05, 4.69) is 17.6 Å². The van der Waals surface area contributed by atoms with Crippen LogP contribution < -0.4 is 15.4 Å². The minimum atomic E-state index is -0.0954. The summed E-state index contributed by atoms with van der Waals surface area (Å²) < 4.78 is 5.32. The predicted molar refractivity (Wildman–Crippen MR) is 57.9 cm³/mol. The van der Waals surface area contributed by atoms with Crippen LogP contribution in [0.15, 0.2) is 18.2 Å². The van der Waals surface area contributed by atoms with E-state index < -0.39 is 0 Å². The molecule has 15 heavy (non-hydrogen) atoms. The first-order chi connectivity index (χ1) is 7.29. The molecule has 1 aliphatic heterocycles. The Labute approximate surface area is 88.6 Å². The summed E-state index contributed by atoms with van der Waals surface area (Å²) >= 11 is 0. The molecule has 2 N–H and O–H groups in total. The fourth-order valence-corrected chi connectivity index (χ4v) is 1.50. The summed E-state index contributed by atoms with van der Waals surface area (Å²) in [5.41, 5.74) is 1.92. The molecule has 80 valence electrons. The highest BCUT2D eigenvalue weighted by atomic mass is 16.5. The zero-order valence-electron chi connectivity index (χ0n) is 8.67. The number of nitrogens with one attached hydrogen (secondary N) is 2. The molecule has 0 fully saturated rings. The standard InChI is InChI=1S/C11H14N2O2/c1-2-12-6-8-3-4-9-10(5-8)15-7-11(14)13-9/h3-5,12H,2,6-7H2,1H3,(H,13,14). The summed E-state index contributed by atoms with van der Waals surface area (Å²) in [6.45, 7) is 3.93. The Morgan fingerprint density at radius 3 is 3.20 bits per heavy atom. The van der Waals surface area contributed by atoms with E-state index in [1.165, 1.54) is 0 Å². The molecule has 0 saturated heterocycles. The van der Waals surface area contributed by atoms with Gasteiger partial charge in [0.2, 0.25) is 0 Å². The van der Waals surface area contributed by atoms with Gasteiger partial charge in [-0.15, -0.1) is 0 Å². The molecule has 0 saturated carbocycles. The Morgan fingerprint density at radius 1 is 1.53 bits per heavy atom. The summed E-state index contributed by atoms with van der Waals surface area (Å²) in [4.78, 5) is 11.0. The Kier molecular flexibility index (Phi) is 2.87. The SMILES string of the molecule is CCNCc1ccc2c(c1)OCC(=O)N2. The second kappa shape index (κ2) is 4.31. The van der Waals surface area contributed by atoms with Crippen molar-refractivity contribution in [2.75, 3.05) is 18.5 Å². The number of benzene rings is 1. The highest BCUT2D eigenvalue weighted by molar-refractivity contribution is 5.95. The maximum atomic E-state index is 11.0. The third-order valence-electron chi connectivity index (χ3n) is 2.26. The third kappa shape index (κ3) is 2.27. The van der Waals surface area contributed by atoms with E-state index in [1.54, 1.807) is 0 Å². The maximum absolute atomic E-state index is 11.0. The van der Waals surface area contributed by atoms with Crippen molar-refractivity contribution in [2.45, 2.75) is 13.5 Å². The average molecular weight is 206 g/mol. The molecule has 0 bridgehead atoms. The fraction of sp³-hybridized carbons (Fsp3) is 0.364. The highest BCUT2D eigenvalue weighted by Gasteiger charge is 2.15. The van der Waals surface area contributed by atoms with Crippen molar-refractivity contribution in [1.29, 1.82) is 0 Å². The second-order valence-corrected chi connectivity index (χ2v) is 3.45. The quantitative estimate of drug-likeness (QED) is 0.779. The van der Waals surface area contributed by atoms with Crippen molar-refractivity contribution < 1.29 is 9.53 Å². The number of hydrogen-bond acceptors (Lipinski definition) is 3. The number of carbonyl (C=O) groups excluding carboxylic acids is 1. The molecule has 4 nitrogen and oxygen atoms in total. The molecular formula is C11H14N2O2. The van der Waals surface area contributed by atoms with Gasteiger partial charge in [0.1, 0.15) is 5.75 Å². The molecule has 1 heterocycles. The van der Waals surface area contributed by atoms with Gasteiger partial charge in [-0.3, -0.25) is 4.79 Å². The normalized spacial score (nSPS) is 14.1. The lowest BCUT2D eigenvalue weighted by Crippen LogP contribution is -2.25. The molecule has 0 unspecified atom stereocenters. The fourth-order valence-electron chi connectivity index (χ4n) is 1.50. The van der Waals surface area contributed by atoms with E-state index in [0.717, 1.165) is 30.1 Å². The minimum absolute atomic E-state index is 0.0954. The maximum Gasteiger partial charge on any atom is 0.262 e. The van der Waals surface area contributed by atoms with Crippen molar-refractivity contribution in [2.24, 2.45) is 0 Å². The predicted octanol–water partition coefficient (Wildman–Crippen LogP) is 1.13. The zero-order chi connectivity index (χ0) is 10.7. The lowest BCUT2D eigenvalue weighted by molar-refractivity contribution is -0.118. The monoisotopic (exact) mass is 206 g/mol. The zero-order valence-corrected chi connectivity index (χ0v) is 8.67. The van der Waals surface area contributed by atoms with Crippen LogP contribution in [-0.4, -0.2) is 19.1 Å². The molecule has 1 amide bonds. The molecule has 1 aromatic carbocycles. The summed E-state index contributed by atoms with van der Waals surface area (Å²) in [6, 6.07) is 5.81. The first kappa shape index (κ1) is 9.98. The topological polar surface area (TPSA) is 50.4 Å². The molecule has 0 spiro atoms. The van der Waals surface area contributed by atoms with Gasteiger partial charge in [-0.1, -0.05) is 13.0 Å². The van der Waals surface area contributed by atoms with E-state index in [1.807, 2.05) is 18.2 Å². The Morgan fingerprint density at radius 2 is 2.40 bits per heavy atom. The first-order valence-corrected chi connectivity index (χ1v) is 5.06. The number of amides is 1. The van der Waals surface area contributed by atoms with Crippen LogP contribution in [0, 0.1) is 0 Å². The van der Waals surface area contributed by atoms with Crippen LogP contribution in [0.2, 0.25) is 0 Å². The Balaban J connectivity index is 2.15. The smallest absolute Gasteiger partial charge is 0.262 e. The van der Waals surface area contributed by atoms with Gasteiger partial charge in [0.25, 0.3) is 5.91 Å². The summed E-state index contributed by atoms with van der Waals surface area (Å²) in [7, 11) is 0. The molecule has 1 aromatic rings. The van der Waals surface area contributed by atoms with E-state index in [9.17, 15) is 4.79 Å². The van der Waals surface area contributed by atoms with Crippen LogP contribution in [0.1, 0.15) is 12.5 Å². The Bertz CT molecular complexity index is 377. The van der Waals surface area contributed by atoms with Gasteiger partial charge >= 0.3 is 0 Å². The van der Waals surface area contributed by atoms with Crippen LogP contribution in [-0.2, 0) is 11.3 Å². The number of rotatable bonds is 3. The summed E-state index contributed by atoms with van der Waals surface area (Å²) in [5, 5.41) is 6.00. The summed E-state index contributed by atoms with van der Waals surface area (Å²) in [5.74, 6) is 0.659. The molecule has 4 heteroatoms. The van der Waals surface area contributed by atoms with Crippen molar-refractivity contribution in [3.63, 3.8) is 0 Å². The lowest BCUT2D eigenvalue weighted by Gasteiger charge is -2.18. The van der Waals surface area contributed by atoms with Crippen LogP contribution in [0.3, 0.4) is 0 Å². The van der Waals surface area contributed by atoms with Crippen molar-refractivity contribution in [3.8, 4) is 5.75 Å². The van der Waals surface area contributed by atoms with Gasteiger partial charge in [-0.05, 0) is 24.2 Å². The average Bonchev–Trinajstić information content (AvgIpc) is 2.26. The molecule has 1 aliphatic rings.